The molecule has 2 amide bonds. The zero-order valence-electron chi connectivity index (χ0n) is 26.9. The number of halogens is 3. The lowest BCUT2D eigenvalue weighted by Gasteiger charge is -2.64. The molecule has 3 saturated carbocycles. The Labute approximate surface area is 274 Å². The van der Waals surface area contributed by atoms with Crippen molar-refractivity contribution in [1.29, 1.82) is 0 Å². The van der Waals surface area contributed by atoms with Crippen LogP contribution in [0.15, 0.2) is 47.6 Å². The van der Waals surface area contributed by atoms with E-state index in [4.69, 9.17) is 25.7 Å². The molecule has 2 bridgehead atoms. The predicted molar refractivity (Wildman–Crippen MR) is 171 cm³/mol. The Morgan fingerprint density at radius 2 is 1.83 bits per heavy atom. The van der Waals surface area contributed by atoms with E-state index in [-0.39, 0.29) is 53.3 Å². The summed E-state index contributed by atoms with van der Waals surface area (Å²) in [4.78, 5) is 33.0. The van der Waals surface area contributed by atoms with Crippen molar-refractivity contribution in [2.24, 2.45) is 28.3 Å². The molecule has 2 heterocycles. The minimum Gasteiger partial charge on any atom is -0.404 e. The number of rotatable bonds is 10. The number of benzene rings is 2. The molecule has 4 fully saturated rings. The summed E-state index contributed by atoms with van der Waals surface area (Å²) in [6.45, 7) is 10.9. The number of amides is 2. The highest BCUT2D eigenvalue weighted by Gasteiger charge is 2.68. The molecule has 1 unspecified atom stereocenters. The number of carbonyl (C=O) groups excluding carboxylic acids is 2. The van der Waals surface area contributed by atoms with Crippen LogP contribution in [0.1, 0.15) is 76.2 Å². The Hall–Kier alpha value is -3.02. The van der Waals surface area contributed by atoms with E-state index in [0.717, 1.165) is 30.5 Å². The summed E-state index contributed by atoms with van der Waals surface area (Å²) in [7, 11) is -0.604. The maximum absolute atomic E-state index is 14.3. The van der Waals surface area contributed by atoms with E-state index in [2.05, 4.69) is 50.4 Å². The average Bonchev–Trinajstić information content (AvgIpc) is 3.58. The summed E-state index contributed by atoms with van der Waals surface area (Å²) in [6.07, 6.45) is 3.01. The Bertz CT molecular complexity index is 1540. The van der Waals surface area contributed by atoms with Crippen LogP contribution in [0.5, 0.6) is 0 Å². The summed E-state index contributed by atoms with van der Waals surface area (Å²) < 4.78 is 40.6. The van der Waals surface area contributed by atoms with E-state index in [1.165, 1.54) is 0 Å². The molecule has 8 nitrogen and oxygen atoms in total. The molecule has 0 aromatic heterocycles. The van der Waals surface area contributed by atoms with Gasteiger partial charge < -0.3 is 24.8 Å². The molecule has 2 aromatic carbocycles. The Morgan fingerprint density at radius 3 is 2.52 bits per heavy atom. The molecular formula is C34H41BClF2N3O5. The number of nitrogens with one attached hydrogen (secondary N) is 2. The second-order valence-electron chi connectivity index (χ2n) is 14.6. The van der Waals surface area contributed by atoms with Crippen LogP contribution >= 0.6 is 11.6 Å². The third kappa shape index (κ3) is 5.95. The zero-order chi connectivity index (χ0) is 33.0. The SMILES string of the molecule is CC(C)C[C@H](NC(=O)C1(Cc2ccccc2)CC(CNC(=O)c2cc(F)c(F)cc2Cl)=NO1)B1O[C@@H]2C[C@@H]3C[C@@H](C3(C)C)[C@]2(C)O1. The number of hydrogen-bond donors (Lipinski definition) is 2. The Morgan fingerprint density at radius 1 is 1.11 bits per heavy atom. The molecule has 5 aliphatic rings. The summed E-state index contributed by atoms with van der Waals surface area (Å²) in [5.41, 5.74) is -0.545. The highest BCUT2D eigenvalue weighted by atomic mass is 35.5. The molecule has 1 saturated heterocycles. The monoisotopic (exact) mass is 655 g/mol. The highest BCUT2D eigenvalue weighted by molar-refractivity contribution is 6.48. The first kappa shape index (κ1) is 32.9. The second kappa shape index (κ2) is 12.2. The quantitative estimate of drug-likeness (QED) is 0.245. The van der Waals surface area contributed by atoms with Gasteiger partial charge in [0.25, 0.3) is 11.8 Å². The molecule has 0 spiro atoms. The van der Waals surface area contributed by atoms with E-state index in [9.17, 15) is 18.4 Å². The van der Waals surface area contributed by atoms with E-state index < -0.39 is 41.8 Å². The lowest BCUT2D eigenvalue weighted by molar-refractivity contribution is -0.199. The minimum absolute atomic E-state index is 0.0246. The van der Waals surface area contributed by atoms with Gasteiger partial charge in [0.15, 0.2) is 11.6 Å². The molecule has 3 aliphatic carbocycles. The van der Waals surface area contributed by atoms with Gasteiger partial charge in [0, 0.05) is 12.8 Å². The fourth-order valence-electron chi connectivity index (χ4n) is 7.95. The van der Waals surface area contributed by atoms with Gasteiger partial charge in [-0.15, -0.1) is 0 Å². The normalized spacial score (nSPS) is 29.8. The van der Waals surface area contributed by atoms with Crippen molar-refractivity contribution in [1.82, 2.24) is 10.6 Å². The maximum Gasteiger partial charge on any atom is 0.481 e. The van der Waals surface area contributed by atoms with E-state index in [1.54, 1.807) is 0 Å². The second-order valence-corrected chi connectivity index (χ2v) is 15.0. The van der Waals surface area contributed by atoms with Gasteiger partial charge >= 0.3 is 7.12 Å². The molecule has 2 aromatic rings. The smallest absolute Gasteiger partial charge is 0.404 e. The van der Waals surface area contributed by atoms with Crippen LogP contribution in [0.25, 0.3) is 0 Å². The fourth-order valence-corrected chi connectivity index (χ4v) is 8.19. The first-order valence-electron chi connectivity index (χ1n) is 16.1. The van der Waals surface area contributed by atoms with Crippen LogP contribution in [-0.4, -0.2) is 54.4 Å². The number of hydrogen-bond acceptors (Lipinski definition) is 6. The summed E-state index contributed by atoms with van der Waals surface area (Å²) >= 11 is 5.98. The number of oxime groups is 1. The van der Waals surface area contributed by atoms with Crippen molar-refractivity contribution in [2.75, 3.05) is 6.54 Å². The molecule has 12 heteroatoms. The van der Waals surface area contributed by atoms with Gasteiger partial charge in [-0.25, -0.2) is 8.78 Å². The van der Waals surface area contributed by atoms with Crippen molar-refractivity contribution < 1.29 is 32.5 Å². The lowest BCUT2D eigenvalue weighted by atomic mass is 9.43. The molecule has 6 atom stereocenters. The number of nitrogens with zero attached hydrogens (tertiary/aromatic N) is 1. The summed E-state index contributed by atoms with van der Waals surface area (Å²) in [6, 6.07) is 11.0. The van der Waals surface area contributed by atoms with Crippen molar-refractivity contribution >= 4 is 36.2 Å². The van der Waals surface area contributed by atoms with E-state index in [1.807, 2.05) is 30.3 Å². The molecular weight excluding hydrogens is 615 g/mol. The van der Waals surface area contributed by atoms with Crippen LogP contribution in [0, 0.1) is 34.8 Å². The van der Waals surface area contributed by atoms with Crippen LogP contribution in [0.4, 0.5) is 8.78 Å². The van der Waals surface area contributed by atoms with Crippen LogP contribution < -0.4 is 10.6 Å². The third-order valence-corrected chi connectivity index (χ3v) is 10.9. The summed E-state index contributed by atoms with van der Waals surface area (Å²) in [5.74, 6) is -2.58. The molecule has 2 N–H and O–H groups in total. The van der Waals surface area contributed by atoms with Gasteiger partial charge in [0.05, 0.1) is 40.5 Å². The first-order valence-corrected chi connectivity index (χ1v) is 16.4. The predicted octanol–water partition coefficient (Wildman–Crippen LogP) is 5.90. The highest BCUT2D eigenvalue weighted by Crippen LogP contribution is 2.65. The molecule has 46 heavy (non-hydrogen) atoms. The van der Waals surface area contributed by atoms with Crippen molar-refractivity contribution in [3.63, 3.8) is 0 Å². The van der Waals surface area contributed by atoms with Crippen molar-refractivity contribution in [3.05, 3.63) is 70.2 Å². The van der Waals surface area contributed by atoms with Crippen molar-refractivity contribution in [2.45, 2.75) is 90.0 Å². The van der Waals surface area contributed by atoms with Gasteiger partial charge in [0.2, 0.25) is 5.60 Å². The summed E-state index contributed by atoms with van der Waals surface area (Å²) in [5, 5.41) is 9.85. The third-order valence-electron chi connectivity index (χ3n) is 10.6. The average molecular weight is 656 g/mol. The standard InChI is InChI=1S/C34H41BClF2N3O5/c1-19(2)11-29(35-44-28-13-21-12-27(32(21,3)4)33(28,5)45-35)40-31(43)34(16-20-9-7-6-8-10-20)17-22(41-46-34)18-39-30(42)23-14-25(37)26(38)15-24(23)36/h6-10,14-15,19,21,27-29H,11-13,16-18H2,1-5H3,(H,39,42)(H,40,43)/t21-,27-,28+,29-,33-,34?/m0/s1. The Kier molecular flexibility index (Phi) is 8.74. The van der Waals surface area contributed by atoms with Crippen LogP contribution in [-0.2, 0) is 25.4 Å². The molecule has 246 valence electrons. The Balaban J connectivity index is 1.18. The lowest BCUT2D eigenvalue weighted by Crippen LogP contribution is -2.65. The molecule has 7 rings (SSSR count). The largest absolute Gasteiger partial charge is 0.481 e. The fraction of sp³-hybridized carbons (Fsp3) is 0.559. The van der Waals surface area contributed by atoms with Crippen LogP contribution in [0.2, 0.25) is 5.02 Å². The molecule has 0 radical (unpaired) electrons. The maximum atomic E-state index is 14.3. The van der Waals surface area contributed by atoms with Gasteiger partial charge in [-0.1, -0.05) is 74.8 Å². The number of carbonyl (C=O) groups is 2. The zero-order valence-corrected chi connectivity index (χ0v) is 27.6. The van der Waals surface area contributed by atoms with Crippen LogP contribution in [0.3, 0.4) is 0 Å². The van der Waals surface area contributed by atoms with Crippen molar-refractivity contribution in [3.8, 4) is 0 Å². The van der Waals surface area contributed by atoms with Gasteiger partial charge in [-0.3, -0.25) is 9.59 Å². The van der Waals surface area contributed by atoms with Gasteiger partial charge in [0.1, 0.15) is 0 Å². The topological polar surface area (TPSA) is 98.3 Å². The first-order chi connectivity index (χ1) is 21.7. The van der Waals surface area contributed by atoms with E-state index in [0.29, 0.717) is 24.0 Å². The molecule has 2 aliphatic heterocycles. The van der Waals surface area contributed by atoms with E-state index >= 15 is 0 Å². The minimum atomic E-state index is -1.39. The van der Waals surface area contributed by atoms with Gasteiger partial charge in [-0.05, 0) is 67.1 Å². The van der Waals surface area contributed by atoms with Gasteiger partial charge in [-0.2, -0.15) is 0 Å².